The highest BCUT2D eigenvalue weighted by Crippen LogP contribution is 2.19. The molecule has 0 aliphatic carbocycles. The van der Waals surface area contributed by atoms with Crippen molar-refractivity contribution in [3.63, 3.8) is 0 Å². The minimum Gasteiger partial charge on any atom is -0.465 e. The zero-order chi connectivity index (χ0) is 12.7. The van der Waals surface area contributed by atoms with Gasteiger partial charge in [0.1, 0.15) is 0 Å². The predicted octanol–water partition coefficient (Wildman–Crippen LogP) is 2.00. The molecule has 0 saturated carbocycles. The van der Waals surface area contributed by atoms with Gasteiger partial charge in [-0.25, -0.2) is 4.79 Å². The second-order valence-corrected chi connectivity index (χ2v) is 3.55. The van der Waals surface area contributed by atoms with Crippen molar-refractivity contribution < 1.29 is 19.4 Å². The summed E-state index contributed by atoms with van der Waals surface area (Å²) in [6, 6.07) is 8.98. The number of carboxylic acid groups (broad SMARTS) is 1. The summed E-state index contributed by atoms with van der Waals surface area (Å²) in [5, 5.41) is 11.3. The van der Waals surface area contributed by atoms with Crippen molar-refractivity contribution in [2.75, 3.05) is 14.2 Å². The van der Waals surface area contributed by atoms with Gasteiger partial charge in [0, 0.05) is 20.6 Å². The van der Waals surface area contributed by atoms with E-state index in [-0.39, 0.29) is 6.04 Å². The monoisotopic (exact) mass is 239 g/mol. The van der Waals surface area contributed by atoms with E-state index in [0.29, 0.717) is 6.42 Å². The fraction of sp³-hybridized carbons (Fsp3) is 0.417. The van der Waals surface area contributed by atoms with E-state index in [0.717, 1.165) is 5.56 Å². The van der Waals surface area contributed by atoms with Crippen molar-refractivity contribution in [1.82, 2.24) is 5.32 Å². The highest BCUT2D eigenvalue weighted by Gasteiger charge is 2.19. The van der Waals surface area contributed by atoms with Crippen molar-refractivity contribution in [3.8, 4) is 0 Å². The SMILES string of the molecule is COC(CC(NC(=O)O)c1ccccc1)OC. The van der Waals surface area contributed by atoms with Gasteiger partial charge in [-0.3, -0.25) is 0 Å². The Morgan fingerprint density at radius 2 is 1.88 bits per heavy atom. The molecule has 2 N–H and O–H groups in total. The summed E-state index contributed by atoms with van der Waals surface area (Å²) in [7, 11) is 3.05. The van der Waals surface area contributed by atoms with E-state index >= 15 is 0 Å². The van der Waals surface area contributed by atoms with Crippen LogP contribution in [-0.4, -0.2) is 31.7 Å². The largest absolute Gasteiger partial charge is 0.465 e. The normalized spacial score (nSPS) is 12.4. The molecule has 1 rings (SSSR count). The minimum atomic E-state index is -1.06. The average molecular weight is 239 g/mol. The van der Waals surface area contributed by atoms with E-state index in [9.17, 15) is 4.79 Å². The summed E-state index contributed by atoms with van der Waals surface area (Å²) in [4.78, 5) is 10.7. The van der Waals surface area contributed by atoms with Crippen LogP contribution in [0.5, 0.6) is 0 Å². The van der Waals surface area contributed by atoms with E-state index in [1.165, 1.54) is 14.2 Å². The number of hydrogen-bond acceptors (Lipinski definition) is 3. The summed E-state index contributed by atoms with van der Waals surface area (Å²) in [5.74, 6) is 0. The molecular weight excluding hydrogens is 222 g/mol. The van der Waals surface area contributed by atoms with Crippen LogP contribution >= 0.6 is 0 Å². The highest BCUT2D eigenvalue weighted by molar-refractivity contribution is 5.65. The third-order valence-corrected chi connectivity index (χ3v) is 2.45. The zero-order valence-electron chi connectivity index (χ0n) is 9.92. The first-order chi connectivity index (χ1) is 8.17. The van der Waals surface area contributed by atoms with Gasteiger partial charge in [-0.2, -0.15) is 0 Å². The van der Waals surface area contributed by atoms with Gasteiger partial charge in [0.05, 0.1) is 6.04 Å². The number of nitrogens with one attached hydrogen (secondary N) is 1. The summed E-state index contributed by atoms with van der Waals surface area (Å²) >= 11 is 0. The Kier molecular flexibility index (Phi) is 5.45. The number of hydrogen-bond donors (Lipinski definition) is 2. The van der Waals surface area contributed by atoms with Crippen molar-refractivity contribution >= 4 is 6.09 Å². The summed E-state index contributed by atoms with van der Waals surface area (Å²) < 4.78 is 10.2. The molecule has 1 aromatic rings. The van der Waals surface area contributed by atoms with Gasteiger partial charge >= 0.3 is 6.09 Å². The van der Waals surface area contributed by atoms with Gasteiger partial charge in [0.15, 0.2) is 6.29 Å². The Labute approximate surface area is 100 Å². The molecule has 0 bridgehead atoms. The van der Waals surface area contributed by atoms with Gasteiger partial charge < -0.3 is 19.9 Å². The molecule has 0 fully saturated rings. The van der Waals surface area contributed by atoms with Crippen molar-refractivity contribution in [1.29, 1.82) is 0 Å². The van der Waals surface area contributed by atoms with Crippen LogP contribution in [0.3, 0.4) is 0 Å². The Bertz CT molecular complexity index is 338. The maximum Gasteiger partial charge on any atom is 0.405 e. The first kappa shape index (κ1) is 13.5. The Morgan fingerprint density at radius 1 is 1.29 bits per heavy atom. The molecule has 0 spiro atoms. The zero-order valence-corrected chi connectivity index (χ0v) is 9.92. The molecule has 0 saturated heterocycles. The molecule has 5 nitrogen and oxygen atoms in total. The maximum absolute atomic E-state index is 10.7. The molecule has 0 aliphatic heterocycles. The van der Waals surface area contributed by atoms with Crippen LogP contribution in [0.25, 0.3) is 0 Å². The molecule has 17 heavy (non-hydrogen) atoms. The Morgan fingerprint density at radius 3 is 2.35 bits per heavy atom. The van der Waals surface area contributed by atoms with Gasteiger partial charge in [-0.05, 0) is 5.56 Å². The van der Waals surface area contributed by atoms with Gasteiger partial charge in [-0.15, -0.1) is 0 Å². The van der Waals surface area contributed by atoms with E-state index in [2.05, 4.69) is 5.32 Å². The van der Waals surface area contributed by atoms with Crippen LogP contribution in [0.2, 0.25) is 0 Å². The predicted molar refractivity (Wildman–Crippen MR) is 62.8 cm³/mol. The van der Waals surface area contributed by atoms with E-state index in [1.54, 1.807) is 0 Å². The van der Waals surface area contributed by atoms with Gasteiger partial charge in [0.25, 0.3) is 0 Å². The molecule has 0 aliphatic rings. The average Bonchev–Trinajstić information content (AvgIpc) is 2.35. The maximum atomic E-state index is 10.7. The molecule has 1 atom stereocenters. The lowest BCUT2D eigenvalue weighted by Crippen LogP contribution is -2.30. The van der Waals surface area contributed by atoms with E-state index < -0.39 is 12.4 Å². The molecular formula is C12H17NO4. The molecule has 0 radical (unpaired) electrons. The second-order valence-electron chi connectivity index (χ2n) is 3.55. The molecule has 94 valence electrons. The summed E-state index contributed by atoms with van der Waals surface area (Å²) in [6.07, 6.45) is -1.08. The molecule has 1 aromatic carbocycles. The van der Waals surface area contributed by atoms with Crippen molar-refractivity contribution in [3.05, 3.63) is 35.9 Å². The number of methoxy groups -OCH3 is 2. The molecule has 1 unspecified atom stereocenters. The highest BCUT2D eigenvalue weighted by atomic mass is 16.7. The molecule has 5 heteroatoms. The minimum absolute atomic E-state index is 0.349. The standard InChI is InChI=1S/C12H17NO4/c1-16-11(17-2)8-10(13-12(14)15)9-6-4-3-5-7-9/h3-7,10-11,13H,8H2,1-2H3,(H,14,15). The lowest BCUT2D eigenvalue weighted by atomic mass is 10.0. The number of amides is 1. The number of carbonyl (C=O) groups is 1. The van der Waals surface area contributed by atoms with E-state index in [4.69, 9.17) is 14.6 Å². The second kappa shape index (κ2) is 6.88. The first-order valence-electron chi connectivity index (χ1n) is 5.27. The first-order valence-corrected chi connectivity index (χ1v) is 5.27. The fourth-order valence-corrected chi connectivity index (χ4v) is 1.59. The molecule has 0 heterocycles. The van der Waals surface area contributed by atoms with Crippen LogP contribution in [0.15, 0.2) is 30.3 Å². The lowest BCUT2D eigenvalue weighted by molar-refractivity contribution is -0.110. The van der Waals surface area contributed by atoms with Crippen LogP contribution in [0, 0.1) is 0 Å². The summed E-state index contributed by atoms with van der Waals surface area (Å²) in [5.41, 5.74) is 0.883. The van der Waals surface area contributed by atoms with Gasteiger partial charge in [0.2, 0.25) is 0 Å². The van der Waals surface area contributed by atoms with Crippen molar-refractivity contribution in [2.45, 2.75) is 18.8 Å². The topological polar surface area (TPSA) is 67.8 Å². The number of ether oxygens (including phenoxy) is 2. The van der Waals surface area contributed by atoms with Crippen LogP contribution in [0.1, 0.15) is 18.0 Å². The Balaban J connectivity index is 2.77. The van der Waals surface area contributed by atoms with Crippen LogP contribution in [-0.2, 0) is 9.47 Å². The lowest BCUT2D eigenvalue weighted by Gasteiger charge is -2.22. The third-order valence-electron chi connectivity index (χ3n) is 2.45. The molecule has 1 amide bonds. The quantitative estimate of drug-likeness (QED) is 0.745. The smallest absolute Gasteiger partial charge is 0.405 e. The van der Waals surface area contributed by atoms with Crippen LogP contribution in [0.4, 0.5) is 4.79 Å². The van der Waals surface area contributed by atoms with Crippen LogP contribution < -0.4 is 5.32 Å². The van der Waals surface area contributed by atoms with Gasteiger partial charge in [-0.1, -0.05) is 30.3 Å². The fourth-order valence-electron chi connectivity index (χ4n) is 1.59. The summed E-state index contributed by atoms with van der Waals surface area (Å²) in [6.45, 7) is 0. The molecule has 0 aromatic heterocycles. The van der Waals surface area contributed by atoms with E-state index in [1.807, 2.05) is 30.3 Å². The Hall–Kier alpha value is -1.59. The third kappa shape index (κ3) is 4.42. The van der Waals surface area contributed by atoms with Crippen molar-refractivity contribution in [2.24, 2.45) is 0 Å². The number of rotatable bonds is 6. The number of benzene rings is 1.